The number of amides is 1. The van der Waals surface area contributed by atoms with Gasteiger partial charge in [0.2, 0.25) is 0 Å². The second-order valence-electron chi connectivity index (χ2n) is 4.39. The van der Waals surface area contributed by atoms with Gasteiger partial charge in [0.1, 0.15) is 0 Å². The Morgan fingerprint density at radius 1 is 1.47 bits per heavy atom. The molecule has 1 aliphatic rings. The van der Waals surface area contributed by atoms with Crippen LogP contribution in [0.4, 0.5) is 13.2 Å². The second-order valence-corrected chi connectivity index (χ2v) is 4.66. The van der Waals surface area contributed by atoms with Crippen LogP contribution in [-0.4, -0.2) is 29.8 Å². The quantitative estimate of drug-likeness (QED) is 0.799. The maximum Gasteiger partial charge on any atom is 0.471 e. The number of rotatable bonds is 3. The summed E-state index contributed by atoms with van der Waals surface area (Å²) in [7, 11) is 0. The molecule has 0 aromatic carbocycles. The van der Waals surface area contributed by atoms with Gasteiger partial charge < -0.3 is 5.32 Å². The van der Waals surface area contributed by atoms with Crippen molar-refractivity contribution in [1.29, 1.82) is 0 Å². The summed E-state index contributed by atoms with van der Waals surface area (Å²) in [6, 6.07) is -0.789. The van der Waals surface area contributed by atoms with Gasteiger partial charge >= 0.3 is 12.1 Å². The molecule has 3 nitrogen and oxygen atoms in total. The van der Waals surface area contributed by atoms with Crippen LogP contribution in [0, 0.1) is 5.41 Å². The Bertz CT molecular complexity index is 332. The minimum absolute atomic E-state index is 0.255. The highest BCUT2D eigenvalue weighted by atomic mass is 35.5. The number of carbonyl (C=O) groups excluding carboxylic acids is 2. The van der Waals surface area contributed by atoms with E-state index >= 15 is 0 Å². The molecule has 0 aromatic rings. The first-order valence-electron chi connectivity index (χ1n) is 5.19. The molecule has 17 heavy (non-hydrogen) atoms. The van der Waals surface area contributed by atoms with E-state index in [1.165, 1.54) is 0 Å². The van der Waals surface area contributed by atoms with E-state index in [4.69, 9.17) is 11.6 Å². The summed E-state index contributed by atoms with van der Waals surface area (Å²) >= 11 is 5.43. The van der Waals surface area contributed by atoms with Crippen molar-refractivity contribution >= 4 is 23.3 Å². The van der Waals surface area contributed by atoms with Gasteiger partial charge in [-0.2, -0.15) is 13.2 Å². The zero-order valence-electron chi connectivity index (χ0n) is 9.23. The van der Waals surface area contributed by atoms with Crippen LogP contribution in [0.15, 0.2) is 0 Å². The van der Waals surface area contributed by atoms with Crippen molar-refractivity contribution in [3.63, 3.8) is 0 Å². The Morgan fingerprint density at radius 3 is 2.53 bits per heavy atom. The van der Waals surface area contributed by atoms with E-state index in [1.54, 1.807) is 6.92 Å². The Labute approximate surface area is 102 Å². The van der Waals surface area contributed by atoms with Gasteiger partial charge in [-0.05, 0) is 12.8 Å². The molecule has 1 fully saturated rings. The SMILES string of the molecule is CC1(C(=O)CCl)CCCC1NC(=O)C(F)(F)F. The van der Waals surface area contributed by atoms with E-state index in [1.807, 2.05) is 5.32 Å². The molecule has 98 valence electrons. The highest BCUT2D eigenvalue weighted by Gasteiger charge is 2.48. The van der Waals surface area contributed by atoms with Crippen molar-refractivity contribution < 1.29 is 22.8 Å². The first-order chi connectivity index (χ1) is 7.71. The van der Waals surface area contributed by atoms with Gasteiger partial charge in [0.05, 0.1) is 5.88 Å². The number of carbonyl (C=O) groups is 2. The third-order valence-corrected chi connectivity index (χ3v) is 3.52. The predicted octanol–water partition coefficient (Wildman–Crippen LogP) is 2.03. The van der Waals surface area contributed by atoms with E-state index in [2.05, 4.69) is 0 Å². The molecular formula is C10H13ClF3NO2. The first-order valence-corrected chi connectivity index (χ1v) is 5.72. The van der Waals surface area contributed by atoms with Gasteiger partial charge in [0.15, 0.2) is 5.78 Å². The molecule has 0 radical (unpaired) electrons. The Balaban J connectivity index is 2.77. The summed E-state index contributed by atoms with van der Waals surface area (Å²) in [6.07, 6.45) is -3.52. The normalized spacial score (nSPS) is 29.1. The summed E-state index contributed by atoms with van der Waals surface area (Å²) in [4.78, 5) is 22.5. The van der Waals surface area contributed by atoms with Crippen molar-refractivity contribution in [3.8, 4) is 0 Å². The van der Waals surface area contributed by atoms with Crippen LogP contribution in [-0.2, 0) is 9.59 Å². The molecule has 0 spiro atoms. The molecule has 1 saturated carbocycles. The lowest BCUT2D eigenvalue weighted by atomic mass is 9.81. The molecule has 0 aliphatic heterocycles. The fourth-order valence-electron chi connectivity index (χ4n) is 2.12. The largest absolute Gasteiger partial charge is 0.471 e. The van der Waals surface area contributed by atoms with Gasteiger partial charge in [0, 0.05) is 11.5 Å². The standard InChI is InChI=1S/C10H13ClF3NO2/c1-9(7(16)5-11)4-2-3-6(9)15-8(17)10(12,13)14/h6H,2-5H2,1H3,(H,15,17). The molecule has 0 saturated heterocycles. The van der Waals surface area contributed by atoms with E-state index in [0.717, 1.165) is 0 Å². The molecule has 2 atom stereocenters. The van der Waals surface area contributed by atoms with Gasteiger partial charge in [0.25, 0.3) is 0 Å². The van der Waals surface area contributed by atoms with E-state index in [0.29, 0.717) is 19.3 Å². The van der Waals surface area contributed by atoms with Crippen LogP contribution < -0.4 is 5.32 Å². The minimum atomic E-state index is -4.92. The van der Waals surface area contributed by atoms with Gasteiger partial charge in [-0.15, -0.1) is 11.6 Å². The van der Waals surface area contributed by atoms with Crippen LogP contribution in [0.25, 0.3) is 0 Å². The Kier molecular flexibility index (Phi) is 4.06. The highest BCUT2D eigenvalue weighted by Crippen LogP contribution is 2.39. The summed E-state index contributed by atoms with van der Waals surface area (Å²) in [6.45, 7) is 1.55. The number of ketones is 1. The van der Waals surface area contributed by atoms with Gasteiger partial charge in [-0.1, -0.05) is 13.3 Å². The molecule has 0 heterocycles. The third kappa shape index (κ3) is 2.91. The average molecular weight is 272 g/mol. The van der Waals surface area contributed by atoms with Crippen molar-refractivity contribution in [2.75, 3.05) is 5.88 Å². The number of halogens is 4. The number of nitrogens with one attached hydrogen (secondary N) is 1. The van der Waals surface area contributed by atoms with E-state index < -0.39 is 23.5 Å². The number of hydrogen-bond acceptors (Lipinski definition) is 2. The van der Waals surface area contributed by atoms with Crippen molar-refractivity contribution in [1.82, 2.24) is 5.32 Å². The lowest BCUT2D eigenvalue weighted by Gasteiger charge is -2.30. The molecule has 0 bridgehead atoms. The zero-order chi connectivity index (χ0) is 13.3. The molecule has 0 aromatic heterocycles. The third-order valence-electron chi connectivity index (χ3n) is 3.28. The van der Waals surface area contributed by atoms with Crippen LogP contribution >= 0.6 is 11.6 Å². The van der Waals surface area contributed by atoms with Crippen LogP contribution in [0.3, 0.4) is 0 Å². The van der Waals surface area contributed by atoms with Crippen molar-refractivity contribution in [2.24, 2.45) is 5.41 Å². The Hall–Kier alpha value is -0.780. The monoisotopic (exact) mass is 271 g/mol. The van der Waals surface area contributed by atoms with Gasteiger partial charge in [-0.3, -0.25) is 9.59 Å². The summed E-state index contributed by atoms with van der Waals surface area (Å²) in [5.41, 5.74) is -0.983. The summed E-state index contributed by atoms with van der Waals surface area (Å²) < 4.78 is 36.3. The minimum Gasteiger partial charge on any atom is -0.345 e. The van der Waals surface area contributed by atoms with Crippen LogP contribution in [0.5, 0.6) is 0 Å². The molecule has 1 rings (SSSR count). The molecule has 2 unspecified atom stereocenters. The molecule has 7 heteroatoms. The number of hydrogen-bond donors (Lipinski definition) is 1. The lowest BCUT2D eigenvalue weighted by Crippen LogP contribution is -2.51. The predicted molar refractivity (Wildman–Crippen MR) is 55.7 cm³/mol. The highest BCUT2D eigenvalue weighted by molar-refractivity contribution is 6.28. The van der Waals surface area contributed by atoms with Gasteiger partial charge in [-0.25, -0.2) is 0 Å². The second kappa shape index (κ2) is 4.84. The summed E-state index contributed by atoms with van der Waals surface area (Å²) in [5.74, 6) is -2.59. The van der Waals surface area contributed by atoms with Crippen LogP contribution in [0.2, 0.25) is 0 Å². The molecule has 1 N–H and O–H groups in total. The fourth-order valence-corrected chi connectivity index (χ4v) is 2.43. The van der Waals surface area contributed by atoms with Crippen molar-refractivity contribution in [3.05, 3.63) is 0 Å². The van der Waals surface area contributed by atoms with Crippen LogP contribution in [0.1, 0.15) is 26.2 Å². The van der Waals surface area contributed by atoms with E-state index in [9.17, 15) is 22.8 Å². The molecular weight excluding hydrogens is 259 g/mol. The Morgan fingerprint density at radius 2 is 2.06 bits per heavy atom. The van der Waals surface area contributed by atoms with E-state index in [-0.39, 0.29) is 11.7 Å². The maximum atomic E-state index is 12.1. The fraction of sp³-hybridized carbons (Fsp3) is 0.800. The molecule has 1 aliphatic carbocycles. The number of Topliss-reactive ketones (excluding diaryl/α,β-unsaturated/α-hetero) is 1. The van der Waals surface area contributed by atoms with Crippen molar-refractivity contribution in [2.45, 2.75) is 38.4 Å². The molecule has 1 amide bonds. The number of alkyl halides is 4. The maximum absolute atomic E-state index is 12.1. The summed E-state index contributed by atoms with van der Waals surface area (Å²) in [5, 5.41) is 1.88. The smallest absolute Gasteiger partial charge is 0.345 e. The first kappa shape index (κ1) is 14.3. The topological polar surface area (TPSA) is 46.2 Å². The zero-order valence-corrected chi connectivity index (χ0v) is 9.99. The lowest BCUT2D eigenvalue weighted by molar-refractivity contribution is -0.175. The average Bonchev–Trinajstić information content (AvgIpc) is 2.59.